The summed E-state index contributed by atoms with van der Waals surface area (Å²) in [5, 5.41) is 5.56. The van der Waals surface area contributed by atoms with Crippen LogP contribution in [0.2, 0.25) is 0 Å². The highest BCUT2D eigenvalue weighted by atomic mass is 16.2. The first-order valence-corrected chi connectivity index (χ1v) is 4.47. The molecule has 72 valence electrons. The second kappa shape index (κ2) is 5.01. The molecule has 0 aromatic rings. The van der Waals surface area contributed by atoms with Crippen molar-refractivity contribution in [3.63, 3.8) is 0 Å². The van der Waals surface area contributed by atoms with Gasteiger partial charge in [0.2, 0.25) is 0 Å². The van der Waals surface area contributed by atoms with E-state index in [9.17, 15) is 4.79 Å². The molecule has 0 aromatic carbocycles. The van der Waals surface area contributed by atoms with E-state index in [0.717, 1.165) is 13.0 Å². The Morgan fingerprint density at radius 3 is 2.25 bits per heavy atom. The van der Waals surface area contributed by atoms with E-state index in [1.54, 1.807) is 0 Å². The van der Waals surface area contributed by atoms with E-state index in [-0.39, 0.29) is 11.4 Å². The molecule has 0 aliphatic rings. The third-order valence-electron chi connectivity index (χ3n) is 1.31. The van der Waals surface area contributed by atoms with E-state index in [1.165, 1.54) is 0 Å². The lowest BCUT2D eigenvalue weighted by Crippen LogP contribution is -2.40. The van der Waals surface area contributed by atoms with Gasteiger partial charge in [-0.3, -0.25) is 0 Å². The van der Waals surface area contributed by atoms with Crippen LogP contribution in [0.15, 0.2) is 0 Å². The summed E-state index contributed by atoms with van der Waals surface area (Å²) in [4.78, 5) is 11.0. The Morgan fingerprint density at radius 1 is 1.25 bits per heavy atom. The topological polar surface area (TPSA) is 41.1 Å². The van der Waals surface area contributed by atoms with Crippen molar-refractivity contribution in [2.45, 2.75) is 34.1 Å². The van der Waals surface area contributed by atoms with Crippen molar-refractivity contribution in [1.82, 2.24) is 10.6 Å². The Hall–Kier alpha value is -0.730. The summed E-state index contributed by atoms with van der Waals surface area (Å²) in [5.74, 6) is 0. The van der Waals surface area contributed by atoms with Crippen molar-refractivity contribution >= 4 is 6.03 Å². The van der Waals surface area contributed by atoms with E-state index in [0.29, 0.717) is 6.54 Å². The largest absolute Gasteiger partial charge is 0.338 e. The van der Waals surface area contributed by atoms with Crippen molar-refractivity contribution in [2.24, 2.45) is 5.41 Å². The van der Waals surface area contributed by atoms with Crippen molar-refractivity contribution in [3.8, 4) is 0 Å². The molecule has 0 fully saturated rings. The van der Waals surface area contributed by atoms with Crippen molar-refractivity contribution in [2.75, 3.05) is 13.1 Å². The molecule has 0 heterocycles. The Morgan fingerprint density at radius 2 is 1.83 bits per heavy atom. The molecule has 2 N–H and O–H groups in total. The lowest BCUT2D eigenvalue weighted by molar-refractivity contribution is 0.235. The van der Waals surface area contributed by atoms with Gasteiger partial charge in [-0.05, 0) is 11.8 Å². The molecule has 0 bridgehead atoms. The fourth-order valence-corrected chi connectivity index (χ4v) is 0.646. The summed E-state index contributed by atoms with van der Waals surface area (Å²) in [7, 11) is 0. The second-order valence-corrected chi connectivity index (χ2v) is 4.17. The normalized spacial score (nSPS) is 11.0. The zero-order valence-electron chi connectivity index (χ0n) is 8.53. The van der Waals surface area contributed by atoms with Gasteiger partial charge in [0.25, 0.3) is 0 Å². The monoisotopic (exact) mass is 172 g/mol. The Bertz CT molecular complexity index is 138. The van der Waals surface area contributed by atoms with Crippen LogP contribution in [0.3, 0.4) is 0 Å². The molecule has 12 heavy (non-hydrogen) atoms. The molecule has 0 radical (unpaired) electrons. The average molecular weight is 172 g/mol. The molecular weight excluding hydrogens is 152 g/mol. The summed E-state index contributed by atoms with van der Waals surface area (Å²) >= 11 is 0. The molecule has 3 nitrogen and oxygen atoms in total. The molecule has 0 saturated carbocycles. The van der Waals surface area contributed by atoms with Crippen LogP contribution in [0.1, 0.15) is 34.1 Å². The number of urea groups is 1. The minimum absolute atomic E-state index is 0.0632. The quantitative estimate of drug-likeness (QED) is 0.669. The van der Waals surface area contributed by atoms with Crippen molar-refractivity contribution in [3.05, 3.63) is 0 Å². The van der Waals surface area contributed by atoms with Crippen LogP contribution in [0.5, 0.6) is 0 Å². The SMILES string of the molecule is CCCNC(=O)NCC(C)(C)C. The highest BCUT2D eigenvalue weighted by molar-refractivity contribution is 5.73. The van der Waals surface area contributed by atoms with Gasteiger partial charge in [0.05, 0.1) is 0 Å². The molecule has 0 aliphatic carbocycles. The summed E-state index contributed by atoms with van der Waals surface area (Å²) in [6.45, 7) is 9.76. The van der Waals surface area contributed by atoms with Crippen molar-refractivity contribution < 1.29 is 4.79 Å². The molecule has 0 atom stereocenters. The van der Waals surface area contributed by atoms with Crippen LogP contribution in [0.4, 0.5) is 4.79 Å². The van der Waals surface area contributed by atoms with Gasteiger partial charge in [-0.1, -0.05) is 27.7 Å². The molecular formula is C9H20N2O. The highest BCUT2D eigenvalue weighted by Gasteiger charge is 2.10. The van der Waals surface area contributed by atoms with Crippen LogP contribution in [-0.2, 0) is 0 Å². The number of nitrogens with one attached hydrogen (secondary N) is 2. The molecule has 0 aliphatic heterocycles. The van der Waals surface area contributed by atoms with Gasteiger partial charge in [-0.25, -0.2) is 4.79 Å². The number of hydrogen-bond donors (Lipinski definition) is 2. The summed E-state index contributed by atoms with van der Waals surface area (Å²) < 4.78 is 0. The van der Waals surface area contributed by atoms with Crippen molar-refractivity contribution in [1.29, 1.82) is 0 Å². The number of carbonyl (C=O) groups is 1. The van der Waals surface area contributed by atoms with Crippen LogP contribution in [0, 0.1) is 5.41 Å². The lowest BCUT2D eigenvalue weighted by atomic mass is 9.97. The second-order valence-electron chi connectivity index (χ2n) is 4.17. The van der Waals surface area contributed by atoms with E-state index in [4.69, 9.17) is 0 Å². The minimum atomic E-state index is -0.0632. The van der Waals surface area contributed by atoms with Crippen LogP contribution < -0.4 is 10.6 Å². The summed E-state index contributed by atoms with van der Waals surface area (Å²) in [6.07, 6.45) is 0.975. The van der Waals surface area contributed by atoms with E-state index in [2.05, 4.69) is 31.4 Å². The first-order chi connectivity index (χ1) is 5.45. The number of carbonyl (C=O) groups excluding carboxylic acids is 1. The molecule has 0 saturated heterocycles. The first kappa shape index (κ1) is 11.3. The molecule has 0 aromatic heterocycles. The Labute approximate surface area is 74.9 Å². The third kappa shape index (κ3) is 7.38. The highest BCUT2D eigenvalue weighted by Crippen LogP contribution is 2.09. The summed E-state index contributed by atoms with van der Waals surface area (Å²) in [5.41, 5.74) is 0.156. The van der Waals surface area contributed by atoms with Gasteiger partial charge in [-0.15, -0.1) is 0 Å². The lowest BCUT2D eigenvalue weighted by Gasteiger charge is -2.18. The molecule has 0 unspecified atom stereocenters. The van der Waals surface area contributed by atoms with Gasteiger partial charge >= 0.3 is 6.03 Å². The van der Waals surface area contributed by atoms with E-state index in [1.807, 2.05) is 6.92 Å². The number of hydrogen-bond acceptors (Lipinski definition) is 1. The van der Waals surface area contributed by atoms with Gasteiger partial charge in [-0.2, -0.15) is 0 Å². The number of rotatable bonds is 3. The Kier molecular flexibility index (Phi) is 4.71. The zero-order chi connectivity index (χ0) is 9.61. The van der Waals surface area contributed by atoms with Gasteiger partial charge in [0.15, 0.2) is 0 Å². The van der Waals surface area contributed by atoms with Crippen LogP contribution in [-0.4, -0.2) is 19.1 Å². The van der Waals surface area contributed by atoms with E-state index < -0.39 is 0 Å². The minimum Gasteiger partial charge on any atom is -0.338 e. The maximum atomic E-state index is 11.0. The fraction of sp³-hybridized carbons (Fsp3) is 0.889. The maximum absolute atomic E-state index is 11.0. The molecule has 3 heteroatoms. The molecule has 0 rings (SSSR count). The number of amides is 2. The third-order valence-corrected chi connectivity index (χ3v) is 1.31. The summed E-state index contributed by atoms with van der Waals surface area (Å²) in [6, 6.07) is -0.0632. The smallest absolute Gasteiger partial charge is 0.314 e. The predicted molar refractivity (Wildman–Crippen MR) is 51.1 cm³/mol. The predicted octanol–water partition coefficient (Wildman–Crippen LogP) is 1.74. The Balaban J connectivity index is 3.44. The average Bonchev–Trinajstić information content (AvgIpc) is 1.95. The van der Waals surface area contributed by atoms with Gasteiger partial charge < -0.3 is 10.6 Å². The zero-order valence-corrected chi connectivity index (χ0v) is 8.53. The maximum Gasteiger partial charge on any atom is 0.314 e. The van der Waals surface area contributed by atoms with Crippen LogP contribution in [0.25, 0.3) is 0 Å². The van der Waals surface area contributed by atoms with Gasteiger partial charge in [0, 0.05) is 13.1 Å². The first-order valence-electron chi connectivity index (χ1n) is 4.47. The van der Waals surface area contributed by atoms with E-state index >= 15 is 0 Å². The standard InChI is InChI=1S/C9H20N2O/c1-5-6-10-8(12)11-7-9(2,3)4/h5-7H2,1-4H3,(H2,10,11,12). The fourth-order valence-electron chi connectivity index (χ4n) is 0.646. The molecule has 2 amide bonds. The molecule has 0 spiro atoms. The van der Waals surface area contributed by atoms with Crippen LogP contribution >= 0.6 is 0 Å². The van der Waals surface area contributed by atoms with Gasteiger partial charge in [0.1, 0.15) is 0 Å².